The van der Waals surface area contributed by atoms with Gasteiger partial charge in [0.15, 0.2) is 0 Å². The van der Waals surface area contributed by atoms with Crippen LogP contribution in [0.25, 0.3) is 0 Å². The molecule has 21 heavy (non-hydrogen) atoms. The number of carbonyl (C=O) groups is 1. The van der Waals surface area contributed by atoms with Crippen LogP contribution in [-0.2, 0) is 11.3 Å². The SMILES string of the molecule is O=C1Oc2ccccc2C2=NN(Cc3ccccc3)CC12. The molecule has 4 heteroatoms. The van der Waals surface area contributed by atoms with Crippen molar-refractivity contribution >= 4 is 11.7 Å². The molecule has 2 aromatic rings. The van der Waals surface area contributed by atoms with E-state index in [1.54, 1.807) is 0 Å². The number of esters is 1. The maximum atomic E-state index is 12.1. The molecule has 1 atom stereocenters. The van der Waals surface area contributed by atoms with Gasteiger partial charge in [-0.2, -0.15) is 5.10 Å². The lowest BCUT2D eigenvalue weighted by Gasteiger charge is -2.20. The zero-order valence-corrected chi connectivity index (χ0v) is 11.4. The number of nitrogens with zero attached hydrogens (tertiary/aromatic N) is 2. The summed E-state index contributed by atoms with van der Waals surface area (Å²) in [6.45, 7) is 1.29. The van der Waals surface area contributed by atoms with Crippen LogP contribution in [0.4, 0.5) is 0 Å². The minimum Gasteiger partial charge on any atom is -0.425 e. The van der Waals surface area contributed by atoms with Crippen LogP contribution in [0.15, 0.2) is 59.7 Å². The molecule has 2 aliphatic rings. The first kappa shape index (κ1) is 12.1. The number of benzene rings is 2. The monoisotopic (exact) mass is 278 g/mol. The third-order valence-corrected chi connectivity index (χ3v) is 3.84. The van der Waals surface area contributed by atoms with Gasteiger partial charge in [-0.05, 0) is 17.7 Å². The molecule has 0 spiro atoms. The molecule has 0 aromatic heterocycles. The number of fused-ring (bicyclic) bond motifs is 3. The topological polar surface area (TPSA) is 41.9 Å². The maximum Gasteiger partial charge on any atom is 0.322 e. The van der Waals surface area contributed by atoms with Crippen LogP contribution < -0.4 is 4.74 Å². The second kappa shape index (κ2) is 4.74. The maximum absolute atomic E-state index is 12.1. The van der Waals surface area contributed by atoms with Gasteiger partial charge in [0, 0.05) is 5.56 Å². The lowest BCUT2D eigenvalue weighted by atomic mass is 9.94. The summed E-state index contributed by atoms with van der Waals surface area (Å²) >= 11 is 0. The van der Waals surface area contributed by atoms with Gasteiger partial charge in [0.1, 0.15) is 11.7 Å². The number of hydrogen-bond acceptors (Lipinski definition) is 4. The van der Waals surface area contributed by atoms with Crippen molar-refractivity contribution in [1.29, 1.82) is 0 Å². The van der Waals surface area contributed by atoms with Crippen molar-refractivity contribution in [3.63, 3.8) is 0 Å². The Morgan fingerprint density at radius 2 is 1.86 bits per heavy atom. The Morgan fingerprint density at radius 1 is 1.10 bits per heavy atom. The molecular formula is C17H14N2O2. The van der Waals surface area contributed by atoms with Crippen molar-refractivity contribution in [2.75, 3.05) is 6.54 Å². The minimum absolute atomic E-state index is 0.206. The first-order valence-electron chi connectivity index (χ1n) is 7.00. The number of rotatable bonds is 2. The van der Waals surface area contributed by atoms with Crippen LogP contribution in [-0.4, -0.2) is 23.2 Å². The summed E-state index contributed by atoms with van der Waals surface area (Å²) in [5, 5.41) is 6.59. The number of ether oxygens (including phenoxy) is 1. The summed E-state index contributed by atoms with van der Waals surface area (Å²) in [7, 11) is 0. The summed E-state index contributed by atoms with van der Waals surface area (Å²) in [6.07, 6.45) is 0. The lowest BCUT2D eigenvalue weighted by molar-refractivity contribution is -0.137. The first-order chi connectivity index (χ1) is 10.3. The smallest absolute Gasteiger partial charge is 0.322 e. The molecule has 0 bridgehead atoms. The molecule has 0 N–H and O–H groups in total. The summed E-state index contributed by atoms with van der Waals surface area (Å²) in [5.41, 5.74) is 2.94. The summed E-state index contributed by atoms with van der Waals surface area (Å²) in [4.78, 5) is 12.1. The molecule has 2 aliphatic heterocycles. The minimum atomic E-state index is -0.274. The fraction of sp³-hybridized carbons (Fsp3) is 0.176. The summed E-state index contributed by atoms with van der Waals surface area (Å²) < 4.78 is 5.40. The lowest BCUT2D eigenvalue weighted by Crippen LogP contribution is -2.34. The predicted molar refractivity (Wildman–Crippen MR) is 79.0 cm³/mol. The van der Waals surface area contributed by atoms with Gasteiger partial charge in [-0.3, -0.25) is 9.80 Å². The molecule has 0 saturated carbocycles. The van der Waals surface area contributed by atoms with Crippen molar-refractivity contribution in [3.8, 4) is 5.75 Å². The summed E-state index contributed by atoms with van der Waals surface area (Å²) in [6, 6.07) is 17.7. The van der Waals surface area contributed by atoms with Crippen LogP contribution in [0.1, 0.15) is 11.1 Å². The number of hydrazone groups is 1. The number of para-hydroxylation sites is 1. The molecular weight excluding hydrogens is 264 g/mol. The van der Waals surface area contributed by atoms with Crippen molar-refractivity contribution in [3.05, 3.63) is 65.7 Å². The zero-order valence-electron chi connectivity index (χ0n) is 11.4. The Hall–Kier alpha value is -2.62. The van der Waals surface area contributed by atoms with E-state index in [1.807, 2.05) is 47.5 Å². The highest BCUT2D eigenvalue weighted by atomic mass is 16.5. The highest BCUT2D eigenvalue weighted by Crippen LogP contribution is 2.32. The van der Waals surface area contributed by atoms with Gasteiger partial charge in [-0.15, -0.1) is 0 Å². The first-order valence-corrected chi connectivity index (χ1v) is 7.00. The van der Waals surface area contributed by atoms with Crippen molar-refractivity contribution < 1.29 is 9.53 Å². The van der Waals surface area contributed by atoms with Gasteiger partial charge in [0.25, 0.3) is 0 Å². The molecule has 4 nitrogen and oxygen atoms in total. The second-order valence-corrected chi connectivity index (χ2v) is 5.29. The largest absolute Gasteiger partial charge is 0.425 e. The highest BCUT2D eigenvalue weighted by molar-refractivity contribution is 6.17. The average molecular weight is 278 g/mol. The Labute approximate surface area is 122 Å². The van der Waals surface area contributed by atoms with Gasteiger partial charge < -0.3 is 4.74 Å². The van der Waals surface area contributed by atoms with E-state index in [0.717, 1.165) is 11.3 Å². The van der Waals surface area contributed by atoms with Crippen LogP contribution in [0.5, 0.6) is 5.75 Å². The standard InChI is InChI=1S/C17H14N2O2/c20-17-14-11-19(10-12-6-2-1-3-7-12)18-16(14)13-8-4-5-9-15(13)21-17/h1-9,14H,10-11H2. The highest BCUT2D eigenvalue weighted by Gasteiger charge is 2.39. The van der Waals surface area contributed by atoms with Crippen molar-refractivity contribution in [2.24, 2.45) is 11.0 Å². The number of carbonyl (C=O) groups excluding carboxylic acids is 1. The van der Waals surface area contributed by atoms with E-state index in [2.05, 4.69) is 17.2 Å². The van der Waals surface area contributed by atoms with Gasteiger partial charge in [0.05, 0.1) is 18.8 Å². The molecule has 104 valence electrons. The fourth-order valence-corrected chi connectivity index (χ4v) is 2.83. The van der Waals surface area contributed by atoms with Crippen molar-refractivity contribution in [2.45, 2.75) is 6.54 Å². The molecule has 4 rings (SSSR count). The van der Waals surface area contributed by atoms with Gasteiger partial charge in [-0.1, -0.05) is 42.5 Å². The zero-order chi connectivity index (χ0) is 14.2. The summed E-state index contributed by atoms with van der Waals surface area (Å²) in [5.74, 6) is 0.130. The van der Waals surface area contributed by atoms with Crippen LogP contribution in [0.3, 0.4) is 0 Å². The third kappa shape index (κ3) is 2.09. The molecule has 1 unspecified atom stereocenters. The van der Waals surface area contributed by atoms with E-state index >= 15 is 0 Å². The van der Waals surface area contributed by atoms with Crippen LogP contribution in [0.2, 0.25) is 0 Å². The van der Waals surface area contributed by atoms with E-state index < -0.39 is 0 Å². The van der Waals surface area contributed by atoms with E-state index in [9.17, 15) is 4.79 Å². The number of hydrogen-bond donors (Lipinski definition) is 0. The Balaban J connectivity index is 1.66. The third-order valence-electron chi connectivity index (χ3n) is 3.84. The normalized spacial score (nSPS) is 19.6. The molecule has 2 aromatic carbocycles. The van der Waals surface area contributed by atoms with E-state index in [-0.39, 0.29) is 11.9 Å². The van der Waals surface area contributed by atoms with E-state index in [1.165, 1.54) is 5.56 Å². The predicted octanol–water partition coefficient (Wildman–Crippen LogP) is 2.44. The van der Waals surface area contributed by atoms with E-state index in [4.69, 9.17) is 4.74 Å². The van der Waals surface area contributed by atoms with Crippen LogP contribution in [0, 0.1) is 5.92 Å². The molecule has 2 heterocycles. The van der Waals surface area contributed by atoms with E-state index in [0.29, 0.717) is 18.8 Å². The molecule has 0 radical (unpaired) electrons. The molecule has 0 amide bonds. The fourth-order valence-electron chi connectivity index (χ4n) is 2.83. The average Bonchev–Trinajstić information content (AvgIpc) is 2.93. The molecule has 0 saturated heterocycles. The quantitative estimate of drug-likeness (QED) is 0.626. The Bertz CT molecular complexity index is 725. The molecule has 0 aliphatic carbocycles. The van der Waals surface area contributed by atoms with Gasteiger partial charge in [0.2, 0.25) is 0 Å². The Morgan fingerprint density at radius 3 is 2.71 bits per heavy atom. The Kier molecular flexibility index (Phi) is 2.74. The van der Waals surface area contributed by atoms with Crippen molar-refractivity contribution in [1.82, 2.24) is 5.01 Å². The van der Waals surface area contributed by atoms with Crippen LogP contribution >= 0.6 is 0 Å². The van der Waals surface area contributed by atoms with Gasteiger partial charge in [-0.25, -0.2) is 0 Å². The molecule has 0 fully saturated rings. The van der Waals surface area contributed by atoms with Gasteiger partial charge >= 0.3 is 5.97 Å². The second-order valence-electron chi connectivity index (χ2n) is 5.29.